The van der Waals surface area contributed by atoms with Gasteiger partial charge in [0.1, 0.15) is 11.0 Å². The number of aryl methyl sites for hydroxylation is 1. The second-order valence-corrected chi connectivity index (χ2v) is 7.80. The number of primary amides is 1. The number of azo groups is 1. The number of hydrogen-bond acceptors (Lipinski definition) is 8. The highest BCUT2D eigenvalue weighted by molar-refractivity contribution is 7.23. The van der Waals surface area contributed by atoms with Crippen molar-refractivity contribution in [2.24, 2.45) is 16.0 Å². The van der Waals surface area contributed by atoms with Crippen LogP contribution in [0.4, 0.5) is 5.82 Å². The number of benzene rings is 2. The van der Waals surface area contributed by atoms with Gasteiger partial charge in [-0.2, -0.15) is 5.11 Å². The normalized spacial score (nSPS) is 11.3. The van der Waals surface area contributed by atoms with E-state index < -0.39 is 5.91 Å². The van der Waals surface area contributed by atoms with Gasteiger partial charge in [-0.3, -0.25) is 4.79 Å². The molecule has 1 amide bonds. The number of nitrogens with zero attached hydrogens (tertiary/aromatic N) is 4. The predicted molar refractivity (Wildman–Crippen MR) is 119 cm³/mol. The highest BCUT2D eigenvalue weighted by atomic mass is 32.1. The lowest BCUT2D eigenvalue weighted by atomic mass is 10.1. The molecule has 0 aliphatic carbocycles. The number of phenols is 1. The van der Waals surface area contributed by atoms with Crippen LogP contribution in [-0.4, -0.2) is 28.1 Å². The number of rotatable bonds is 6. The summed E-state index contributed by atoms with van der Waals surface area (Å²) < 4.78 is 5.88. The molecule has 0 spiro atoms. The molecule has 156 valence electrons. The zero-order valence-corrected chi connectivity index (χ0v) is 17.7. The van der Waals surface area contributed by atoms with Gasteiger partial charge in [-0.15, -0.1) is 16.5 Å². The van der Waals surface area contributed by atoms with Crippen molar-refractivity contribution in [2.75, 3.05) is 7.11 Å². The first-order valence-electron chi connectivity index (χ1n) is 9.35. The Labute approximate surface area is 182 Å². The Hall–Kier alpha value is -3.85. The highest BCUT2D eigenvalue weighted by Gasteiger charge is 2.15. The fraction of sp³-hybridized carbons (Fsp3) is 0.136. The maximum Gasteiger partial charge on any atom is 0.248 e. The van der Waals surface area contributed by atoms with Gasteiger partial charge >= 0.3 is 0 Å². The third-order valence-corrected chi connectivity index (χ3v) is 6.10. The van der Waals surface area contributed by atoms with E-state index in [1.54, 1.807) is 24.3 Å². The van der Waals surface area contributed by atoms with E-state index in [0.29, 0.717) is 17.1 Å². The van der Waals surface area contributed by atoms with Crippen LogP contribution >= 0.6 is 11.3 Å². The van der Waals surface area contributed by atoms with Crippen molar-refractivity contribution in [2.45, 2.75) is 13.5 Å². The number of amides is 1. The molecule has 0 fully saturated rings. The van der Waals surface area contributed by atoms with E-state index in [2.05, 4.69) is 20.2 Å². The molecule has 31 heavy (non-hydrogen) atoms. The number of aromatic hydroxyl groups is 1. The lowest BCUT2D eigenvalue weighted by Gasteiger charge is -2.03. The highest BCUT2D eigenvalue weighted by Crippen LogP contribution is 2.40. The van der Waals surface area contributed by atoms with Gasteiger partial charge in [-0.05, 0) is 47.9 Å². The van der Waals surface area contributed by atoms with Gasteiger partial charge in [0.2, 0.25) is 5.91 Å². The topological polar surface area (TPSA) is 123 Å². The van der Waals surface area contributed by atoms with Crippen LogP contribution in [0.3, 0.4) is 0 Å². The SMILES string of the molecule is COc1ccc(CN=Nc2ncnc3c(C)c(-c4ccc(C(N)=O)cc4)sc23)cc1O. The molecule has 0 saturated heterocycles. The Morgan fingerprint density at radius 3 is 2.65 bits per heavy atom. The second-order valence-electron chi connectivity index (χ2n) is 6.78. The van der Waals surface area contributed by atoms with Gasteiger partial charge in [0.05, 0.1) is 19.2 Å². The van der Waals surface area contributed by atoms with Crippen LogP contribution in [0.1, 0.15) is 21.5 Å². The van der Waals surface area contributed by atoms with E-state index in [1.807, 2.05) is 25.1 Å². The molecule has 0 aliphatic rings. The number of carbonyl (C=O) groups is 1. The van der Waals surface area contributed by atoms with E-state index in [0.717, 1.165) is 31.8 Å². The van der Waals surface area contributed by atoms with Crippen LogP contribution in [0.5, 0.6) is 11.5 Å². The largest absolute Gasteiger partial charge is 0.504 e. The van der Waals surface area contributed by atoms with E-state index in [1.165, 1.54) is 24.8 Å². The van der Waals surface area contributed by atoms with Crippen LogP contribution in [0, 0.1) is 6.92 Å². The molecular weight excluding hydrogens is 414 g/mol. The van der Waals surface area contributed by atoms with Gasteiger partial charge < -0.3 is 15.6 Å². The molecule has 0 radical (unpaired) electrons. The summed E-state index contributed by atoms with van der Waals surface area (Å²) in [5.41, 5.74) is 9.36. The van der Waals surface area contributed by atoms with E-state index in [-0.39, 0.29) is 12.3 Å². The predicted octanol–water partition coefficient (Wildman–Crippen LogP) is 4.76. The standard InChI is InChI=1S/C22H19N5O3S/c1-12-18-20(31-19(12)14-4-6-15(7-5-14)21(23)29)22(25-11-24-18)27-26-10-13-3-8-17(30-2)16(28)9-13/h3-9,11,28H,10H2,1-2H3,(H2,23,29). The van der Waals surface area contributed by atoms with Gasteiger partial charge in [0.15, 0.2) is 17.3 Å². The number of aromatic nitrogens is 2. The number of ether oxygens (including phenoxy) is 1. The van der Waals surface area contributed by atoms with Crippen LogP contribution in [-0.2, 0) is 6.54 Å². The van der Waals surface area contributed by atoms with Gasteiger partial charge in [0, 0.05) is 10.4 Å². The Balaban J connectivity index is 1.63. The molecule has 8 nitrogen and oxygen atoms in total. The molecule has 4 aromatic rings. The van der Waals surface area contributed by atoms with Crippen molar-refractivity contribution < 1.29 is 14.6 Å². The quantitative estimate of drug-likeness (QED) is 0.424. The summed E-state index contributed by atoms with van der Waals surface area (Å²) in [6, 6.07) is 12.2. The van der Waals surface area contributed by atoms with Gasteiger partial charge in [-0.25, -0.2) is 9.97 Å². The maximum absolute atomic E-state index is 11.3. The summed E-state index contributed by atoms with van der Waals surface area (Å²) in [6.45, 7) is 2.28. The third-order valence-electron chi connectivity index (χ3n) is 4.78. The Morgan fingerprint density at radius 2 is 1.97 bits per heavy atom. The number of nitrogens with two attached hydrogens (primary N) is 1. The smallest absolute Gasteiger partial charge is 0.248 e. The van der Waals surface area contributed by atoms with Crippen LogP contribution in [0.2, 0.25) is 0 Å². The maximum atomic E-state index is 11.3. The van der Waals surface area contributed by atoms with Crippen molar-refractivity contribution in [3.63, 3.8) is 0 Å². The molecule has 0 atom stereocenters. The van der Waals surface area contributed by atoms with Crippen molar-refractivity contribution in [3.8, 4) is 21.9 Å². The van der Waals surface area contributed by atoms with E-state index in [4.69, 9.17) is 10.5 Å². The fourth-order valence-corrected chi connectivity index (χ4v) is 4.36. The lowest BCUT2D eigenvalue weighted by molar-refractivity contribution is 0.100. The summed E-state index contributed by atoms with van der Waals surface area (Å²) in [5.74, 6) is 0.485. The fourth-order valence-electron chi connectivity index (χ4n) is 3.16. The van der Waals surface area contributed by atoms with Crippen molar-refractivity contribution >= 4 is 33.3 Å². The molecule has 0 unspecified atom stereocenters. The minimum absolute atomic E-state index is 0.0560. The van der Waals surface area contributed by atoms with Crippen LogP contribution in [0.15, 0.2) is 59.0 Å². The Kier molecular flexibility index (Phi) is 5.59. The van der Waals surface area contributed by atoms with E-state index >= 15 is 0 Å². The molecule has 9 heteroatoms. The first-order valence-corrected chi connectivity index (χ1v) is 10.2. The third kappa shape index (κ3) is 4.08. The number of thiophene rings is 1. The van der Waals surface area contributed by atoms with Crippen molar-refractivity contribution in [1.82, 2.24) is 9.97 Å². The van der Waals surface area contributed by atoms with Crippen molar-refractivity contribution in [1.29, 1.82) is 0 Å². The average Bonchev–Trinajstić information content (AvgIpc) is 3.11. The molecule has 3 N–H and O–H groups in total. The first-order chi connectivity index (χ1) is 15.0. The molecule has 2 heterocycles. The average molecular weight is 433 g/mol. The molecule has 4 rings (SSSR count). The second kappa shape index (κ2) is 8.49. The number of methoxy groups -OCH3 is 1. The molecule has 2 aromatic heterocycles. The Bertz CT molecular complexity index is 1300. The lowest BCUT2D eigenvalue weighted by Crippen LogP contribution is -2.10. The zero-order chi connectivity index (χ0) is 22.0. The summed E-state index contributed by atoms with van der Waals surface area (Å²) >= 11 is 1.52. The summed E-state index contributed by atoms with van der Waals surface area (Å²) in [7, 11) is 1.50. The zero-order valence-electron chi connectivity index (χ0n) is 16.9. The Morgan fingerprint density at radius 1 is 1.19 bits per heavy atom. The van der Waals surface area contributed by atoms with Crippen LogP contribution in [0.25, 0.3) is 20.7 Å². The molecule has 2 aromatic carbocycles. The number of carbonyl (C=O) groups excluding carboxylic acids is 1. The molecule has 0 saturated carbocycles. The number of hydrogen-bond donors (Lipinski definition) is 2. The minimum Gasteiger partial charge on any atom is -0.504 e. The number of phenolic OH excluding ortho intramolecular Hbond substituents is 1. The molecular formula is C22H19N5O3S. The van der Waals surface area contributed by atoms with Gasteiger partial charge in [-0.1, -0.05) is 18.2 Å². The summed E-state index contributed by atoms with van der Waals surface area (Å²) in [4.78, 5) is 21.0. The summed E-state index contributed by atoms with van der Waals surface area (Å²) in [6.07, 6.45) is 1.47. The number of fused-ring (bicyclic) bond motifs is 1. The van der Waals surface area contributed by atoms with Crippen molar-refractivity contribution in [3.05, 3.63) is 65.5 Å². The van der Waals surface area contributed by atoms with Gasteiger partial charge in [0.25, 0.3) is 0 Å². The van der Waals surface area contributed by atoms with E-state index in [9.17, 15) is 9.90 Å². The minimum atomic E-state index is -0.460. The molecule has 0 bridgehead atoms. The molecule has 0 aliphatic heterocycles. The van der Waals surface area contributed by atoms with Crippen LogP contribution < -0.4 is 10.5 Å². The first kappa shape index (κ1) is 20.4. The summed E-state index contributed by atoms with van der Waals surface area (Å²) in [5, 5.41) is 18.4. The monoisotopic (exact) mass is 433 g/mol.